The van der Waals surface area contributed by atoms with E-state index in [9.17, 15) is 13.2 Å². The van der Waals surface area contributed by atoms with Crippen molar-refractivity contribution in [2.75, 3.05) is 26.7 Å². The van der Waals surface area contributed by atoms with Gasteiger partial charge in [-0.05, 0) is 56.0 Å². The molecule has 0 unspecified atom stereocenters. The second-order valence-corrected chi connectivity index (χ2v) is 8.04. The number of carbonyl (C=O) groups is 1. The zero-order chi connectivity index (χ0) is 17.1. The molecule has 24 heavy (non-hydrogen) atoms. The number of rotatable bonds is 5. The van der Waals surface area contributed by atoms with Gasteiger partial charge in [-0.15, -0.1) is 12.4 Å². The molecule has 1 heterocycles. The molecule has 1 aromatic rings. The molecule has 0 radical (unpaired) electrons. The van der Waals surface area contributed by atoms with Crippen LogP contribution in [0, 0.1) is 12.3 Å². The van der Waals surface area contributed by atoms with Crippen molar-refractivity contribution in [3.05, 3.63) is 29.3 Å². The predicted octanol–water partition coefficient (Wildman–Crippen LogP) is 1.87. The van der Waals surface area contributed by atoms with Crippen LogP contribution in [-0.4, -0.2) is 41.1 Å². The normalized spacial score (nSPS) is 17.0. The summed E-state index contributed by atoms with van der Waals surface area (Å²) < 4.78 is 32.6. The Bertz CT molecular complexity index is 685. The van der Waals surface area contributed by atoms with E-state index in [-0.39, 0.29) is 28.3 Å². The fraction of sp³-hybridized carbons (Fsp3) is 0.562. The first kappa shape index (κ1) is 20.9. The van der Waals surface area contributed by atoms with E-state index in [1.165, 1.54) is 13.2 Å². The van der Waals surface area contributed by atoms with Crippen LogP contribution in [0.4, 0.5) is 0 Å². The highest BCUT2D eigenvalue weighted by Crippen LogP contribution is 2.28. The van der Waals surface area contributed by atoms with Crippen molar-refractivity contribution < 1.29 is 17.9 Å². The number of hydrogen-bond acceptors (Lipinski definition) is 5. The molecule has 0 atom stereocenters. The van der Waals surface area contributed by atoms with E-state index < -0.39 is 16.0 Å². The summed E-state index contributed by atoms with van der Waals surface area (Å²) in [7, 11) is -2.39. The van der Waals surface area contributed by atoms with Crippen LogP contribution in [0.3, 0.4) is 0 Å². The number of hydrogen-bond donors (Lipinski definition) is 2. The van der Waals surface area contributed by atoms with Gasteiger partial charge in [0.2, 0.25) is 10.0 Å². The van der Waals surface area contributed by atoms with Gasteiger partial charge in [0.25, 0.3) is 0 Å². The summed E-state index contributed by atoms with van der Waals surface area (Å²) in [5.41, 5.74) is 0.623. The summed E-state index contributed by atoms with van der Waals surface area (Å²) >= 11 is 0. The number of sulfonamides is 1. The number of esters is 1. The molecule has 8 heteroatoms. The Morgan fingerprint density at radius 1 is 1.33 bits per heavy atom. The lowest BCUT2D eigenvalue weighted by atomic mass is 9.81. The third-order valence-electron chi connectivity index (χ3n) is 4.48. The minimum absolute atomic E-state index is 0. The maximum absolute atomic E-state index is 12.6. The minimum atomic E-state index is -3.67. The van der Waals surface area contributed by atoms with Gasteiger partial charge in [-0.1, -0.05) is 13.0 Å². The van der Waals surface area contributed by atoms with Gasteiger partial charge in [-0.25, -0.2) is 17.9 Å². The van der Waals surface area contributed by atoms with Crippen molar-refractivity contribution in [3.63, 3.8) is 0 Å². The second-order valence-electron chi connectivity index (χ2n) is 6.31. The van der Waals surface area contributed by atoms with E-state index in [0.717, 1.165) is 25.9 Å². The van der Waals surface area contributed by atoms with E-state index in [4.69, 9.17) is 4.74 Å². The zero-order valence-corrected chi connectivity index (χ0v) is 15.9. The number of methoxy groups -OCH3 is 1. The molecule has 0 bridgehead atoms. The summed E-state index contributed by atoms with van der Waals surface area (Å²) in [4.78, 5) is 11.8. The average molecular weight is 377 g/mol. The fourth-order valence-electron chi connectivity index (χ4n) is 2.79. The van der Waals surface area contributed by atoms with Crippen LogP contribution in [0.2, 0.25) is 0 Å². The average Bonchev–Trinajstić information content (AvgIpc) is 2.53. The van der Waals surface area contributed by atoms with E-state index in [1.807, 2.05) is 0 Å². The molecule has 0 aromatic heterocycles. The van der Waals surface area contributed by atoms with Crippen molar-refractivity contribution in [3.8, 4) is 0 Å². The molecule has 136 valence electrons. The van der Waals surface area contributed by atoms with Crippen LogP contribution in [-0.2, 0) is 14.8 Å². The van der Waals surface area contributed by atoms with Gasteiger partial charge in [0.1, 0.15) is 0 Å². The first-order valence-corrected chi connectivity index (χ1v) is 9.16. The van der Waals surface area contributed by atoms with Crippen molar-refractivity contribution in [2.24, 2.45) is 5.41 Å². The molecule has 0 saturated carbocycles. The summed E-state index contributed by atoms with van der Waals surface area (Å²) in [5.74, 6) is -0.537. The molecule has 2 rings (SSSR count). The lowest BCUT2D eigenvalue weighted by Crippen LogP contribution is -2.43. The fourth-order valence-corrected chi connectivity index (χ4v) is 4.26. The summed E-state index contributed by atoms with van der Waals surface area (Å²) in [6.07, 6.45) is 1.85. The van der Waals surface area contributed by atoms with Gasteiger partial charge in [-0.2, -0.15) is 0 Å². The van der Waals surface area contributed by atoms with E-state index in [0.29, 0.717) is 12.1 Å². The van der Waals surface area contributed by atoms with Crippen molar-refractivity contribution >= 4 is 28.4 Å². The number of nitrogens with one attached hydrogen (secondary N) is 2. The lowest BCUT2D eigenvalue weighted by Gasteiger charge is -2.34. The van der Waals surface area contributed by atoms with Crippen LogP contribution < -0.4 is 10.0 Å². The van der Waals surface area contributed by atoms with Gasteiger partial charge in [0, 0.05) is 6.54 Å². The zero-order valence-electron chi connectivity index (χ0n) is 14.2. The van der Waals surface area contributed by atoms with Gasteiger partial charge in [0.15, 0.2) is 0 Å². The molecule has 6 nitrogen and oxygen atoms in total. The Labute approximate surface area is 149 Å². The molecule has 1 saturated heterocycles. The Morgan fingerprint density at radius 3 is 2.54 bits per heavy atom. The third kappa shape index (κ3) is 4.69. The Kier molecular flexibility index (Phi) is 7.22. The number of carbonyl (C=O) groups excluding carboxylic acids is 1. The third-order valence-corrected chi connectivity index (χ3v) is 6.02. The number of piperidine rings is 1. The molecular weight excluding hydrogens is 352 g/mol. The first-order valence-electron chi connectivity index (χ1n) is 7.67. The minimum Gasteiger partial charge on any atom is -0.465 e. The molecule has 0 aliphatic carbocycles. The Morgan fingerprint density at radius 2 is 1.96 bits per heavy atom. The number of ether oxygens (including phenoxy) is 1. The monoisotopic (exact) mass is 376 g/mol. The molecule has 1 aliphatic rings. The maximum atomic E-state index is 12.6. The molecule has 0 spiro atoms. The molecule has 2 N–H and O–H groups in total. The molecular formula is C16H25ClN2O4S. The predicted molar refractivity (Wildman–Crippen MR) is 95.2 cm³/mol. The van der Waals surface area contributed by atoms with Gasteiger partial charge in [0.05, 0.1) is 17.6 Å². The van der Waals surface area contributed by atoms with E-state index in [2.05, 4.69) is 17.0 Å². The Hall–Kier alpha value is -1.15. The van der Waals surface area contributed by atoms with Crippen LogP contribution >= 0.6 is 12.4 Å². The summed E-state index contributed by atoms with van der Waals surface area (Å²) in [5, 5.41) is 3.28. The van der Waals surface area contributed by atoms with Crippen molar-refractivity contribution in [1.82, 2.24) is 10.0 Å². The number of halogens is 1. The number of benzene rings is 1. The molecule has 0 amide bonds. The second kappa shape index (κ2) is 8.29. The van der Waals surface area contributed by atoms with Crippen LogP contribution in [0.25, 0.3) is 0 Å². The molecule has 1 aromatic carbocycles. The van der Waals surface area contributed by atoms with Gasteiger partial charge in [-0.3, -0.25) is 0 Å². The van der Waals surface area contributed by atoms with Crippen molar-refractivity contribution in [2.45, 2.75) is 31.6 Å². The van der Waals surface area contributed by atoms with Crippen molar-refractivity contribution in [1.29, 1.82) is 0 Å². The largest absolute Gasteiger partial charge is 0.465 e. The molecule has 1 aliphatic heterocycles. The maximum Gasteiger partial charge on any atom is 0.338 e. The van der Waals surface area contributed by atoms with Crippen LogP contribution in [0.15, 0.2) is 23.1 Å². The highest BCUT2D eigenvalue weighted by atomic mass is 35.5. The lowest BCUT2D eigenvalue weighted by molar-refractivity contribution is 0.0599. The van der Waals surface area contributed by atoms with E-state index in [1.54, 1.807) is 19.1 Å². The summed E-state index contributed by atoms with van der Waals surface area (Å²) in [6, 6.07) is 4.63. The van der Waals surface area contributed by atoms with Gasteiger partial charge >= 0.3 is 5.97 Å². The standard InChI is InChI=1S/C16H24N2O4S.ClH/c1-12-13(15(19)22-3)5-4-6-14(12)23(20,21)18-11-16(2)7-9-17-10-8-16;/h4-6,17-18H,7-11H2,1-3H3;1H. The quantitative estimate of drug-likeness (QED) is 0.766. The van der Waals surface area contributed by atoms with Gasteiger partial charge < -0.3 is 10.1 Å². The smallest absolute Gasteiger partial charge is 0.338 e. The summed E-state index contributed by atoms with van der Waals surface area (Å²) in [6.45, 7) is 5.89. The molecule has 1 fully saturated rings. The van der Waals surface area contributed by atoms with Crippen LogP contribution in [0.1, 0.15) is 35.7 Å². The first-order chi connectivity index (χ1) is 10.8. The highest BCUT2D eigenvalue weighted by Gasteiger charge is 2.29. The topological polar surface area (TPSA) is 84.5 Å². The highest BCUT2D eigenvalue weighted by molar-refractivity contribution is 7.89. The Balaban J connectivity index is 0.00000288. The van der Waals surface area contributed by atoms with Crippen LogP contribution in [0.5, 0.6) is 0 Å². The van der Waals surface area contributed by atoms with E-state index >= 15 is 0 Å². The SMILES string of the molecule is COC(=O)c1cccc(S(=O)(=O)NCC2(C)CCNCC2)c1C.Cl.